The van der Waals surface area contributed by atoms with Crippen molar-refractivity contribution in [3.05, 3.63) is 113 Å². The molecule has 5 heteroatoms. The molecule has 0 atom stereocenters. The first-order chi connectivity index (χ1) is 17.0. The van der Waals surface area contributed by atoms with Crippen molar-refractivity contribution in [2.24, 2.45) is 0 Å². The molecule has 0 unspecified atom stereocenters. The van der Waals surface area contributed by atoms with Crippen LogP contribution in [0.15, 0.2) is 102 Å². The fourth-order valence-corrected chi connectivity index (χ4v) is 5.58. The van der Waals surface area contributed by atoms with E-state index in [0.717, 1.165) is 25.1 Å². The zero-order valence-corrected chi connectivity index (χ0v) is 19.9. The topological polar surface area (TPSA) is 43.9 Å². The fourth-order valence-electron chi connectivity index (χ4n) is 5.58. The van der Waals surface area contributed by atoms with Crippen molar-refractivity contribution in [1.29, 1.82) is 0 Å². The highest BCUT2D eigenvalue weighted by Gasteiger charge is 2.44. The van der Waals surface area contributed by atoms with Crippen LogP contribution in [-0.4, -0.2) is 18.4 Å². The third kappa shape index (κ3) is 3.22. The summed E-state index contributed by atoms with van der Waals surface area (Å²) < 4.78 is 0. The average Bonchev–Trinajstić information content (AvgIpc) is 3.26. The highest BCUT2D eigenvalue weighted by molar-refractivity contribution is 6.36. The lowest BCUT2D eigenvalue weighted by molar-refractivity contribution is -0.116. The predicted octanol–water partition coefficient (Wildman–Crippen LogP) is 5.54. The molecule has 0 radical (unpaired) electrons. The van der Waals surface area contributed by atoms with E-state index < -0.39 is 0 Å². The van der Waals surface area contributed by atoms with Crippen molar-refractivity contribution in [3.8, 4) is 0 Å². The number of hydrazine groups is 1. The van der Waals surface area contributed by atoms with E-state index in [1.807, 2.05) is 66.7 Å². The first-order valence-corrected chi connectivity index (χ1v) is 12.1. The number of hydrogen-bond acceptors (Lipinski definition) is 3. The van der Waals surface area contributed by atoms with Crippen molar-refractivity contribution >= 4 is 28.9 Å². The SMILES string of the molecule is CC1(C)/C(=C\C=C2C(=O)N(c3ccccc3)N(c3ccccc3)C2=O)N2CCCc3cccc1c32. The molecular formula is C30H27N3O2. The zero-order valence-electron chi connectivity index (χ0n) is 19.9. The first kappa shape index (κ1) is 21.4. The van der Waals surface area contributed by atoms with Gasteiger partial charge in [0.25, 0.3) is 11.8 Å². The summed E-state index contributed by atoms with van der Waals surface area (Å²) in [5.41, 5.74) is 6.35. The van der Waals surface area contributed by atoms with E-state index in [2.05, 4.69) is 36.9 Å². The molecule has 0 aliphatic carbocycles. The zero-order chi connectivity index (χ0) is 24.2. The van der Waals surface area contributed by atoms with E-state index in [9.17, 15) is 9.59 Å². The molecule has 3 aliphatic rings. The van der Waals surface area contributed by atoms with Gasteiger partial charge in [-0.15, -0.1) is 0 Å². The van der Waals surface area contributed by atoms with Crippen LogP contribution in [-0.2, 0) is 21.4 Å². The number of aryl methyl sites for hydroxylation is 1. The maximum atomic E-state index is 13.7. The highest BCUT2D eigenvalue weighted by atomic mass is 16.2. The van der Waals surface area contributed by atoms with Gasteiger partial charge in [-0.3, -0.25) is 9.59 Å². The smallest absolute Gasteiger partial charge is 0.283 e. The maximum Gasteiger partial charge on any atom is 0.283 e. The van der Waals surface area contributed by atoms with Gasteiger partial charge in [-0.2, -0.15) is 0 Å². The minimum absolute atomic E-state index is 0.161. The largest absolute Gasteiger partial charge is 0.344 e. The van der Waals surface area contributed by atoms with E-state index in [1.54, 1.807) is 6.08 Å². The van der Waals surface area contributed by atoms with E-state index >= 15 is 0 Å². The predicted molar refractivity (Wildman–Crippen MR) is 139 cm³/mol. The molecule has 3 aromatic carbocycles. The minimum Gasteiger partial charge on any atom is -0.344 e. The van der Waals surface area contributed by atoms with Crippen LogP contribution in [0.3, 0.4) is 0 Å². The summed E-state index contributed by atoms with van der Waals surface area (Å²) in [6, 6.07) is 25.2. The summed E-state index contributed by atoms with van der Waals surface area (Å²) in [5, 5.41) is 2.94. The lowest BCUT2D eigenvalue weighted by Gasteiger charge is -2.30. The molecule has 6 rings (SSSR count). The molecular weight excluding hydrogens is 434 g/mol. The van der Waals surface area contributed by atoms with Gasteiger partial charge < -0.3 is 4.90 Å². The normalized spacial score (nSPS) is 19.5. The van der Waals surface area contributed by atoms with Gasteiger partial charge in [-0.1, -0.05) is 68.4 Å². The van der Waals surface area contributed by atoms with Gasteiger partial charge >= 0.3 is 0 Å². The molecule has 0 saturated carbocycles. The van der Waals surface area contributed by atoms with E-state index in [1.165, 1.54) is 26.8 Å². The van der Waals surface area contributed by atoms with Crippen LogP contribution < -0.4 is 14.9 Å². The maximum absolute atomic E-state index is 13.7. The Balaban J connectivity index is 1.45. The van der Waals surface area contributed by atoms with Crippen molar-refractivity contribution in [2.45, 2.75) is 32.1 Å². The van der Waals surface area contributed by atoms with Gasteiger partial charge in [-0.05, 0) is 60.4 Å². The molecule has 0 spiro atoms. The molecule has 1 fully saturated rings. The van der Waals surface area contributed by atoms with Gasteiger partial charge in [0.15, 0.2) is 0 Å². The number of rotatable bonds is 3. The van der Waals surface area contributed by atoms with Gasteiger partial charge in [0.2, 0.25) is 0 Å². The van der Waals surface area contributed by atoms with Crippen molar-refractivity contribution in [3.63, 3.8) is 0 Å². The molecule has 1 saturated heterocycles. The summed E-state index contributed by atoms with van der Waals surface area (Å²) in [4.78, 5) is 29.7. The molecule has 0 N–H and O–H groups in total. The Morgan fingerprint density at radius 3 is 1.94 bits per heavy atom. The van der Waals surface area contributed by atoms with E-state index in [0.29, 0.717) is 11.4 Å². The molecule has 3 aliphatic heterocycles. The number of nitrogens with zero attached hydrogens (tertiary/aromatic N) is 3. The summed E-state index contributed by atoms with van der Waals surface area (Å²) in [6.07, 6.45) is 5.87. The Morgan fingerprint density at radius 1 is 0.743 bits per heavy atom. The second kappa shape index (κ2) is 7.98. The van der Waals surface area contributed by atoms with Crippen LogP contribution in [0.4, 0.5) is 17.1 Å². The molecule has 174 valence electrons. The first-order valence-electron chi connectivity index (χ1n) is 12.1. The lowest BCUT2D eigenvalue weighted by Crippen LogP contribution is -2.41. The molecule has 3 heterocycles. The second-order valence-corrected chi connectivity index (χ2v) is 9.73. The Hall–Kier alpha value is -4.12. The van der Waals surface area contributed by atoms with Crippen molar-refractivity contribution in [2.75, 3.05) is 21.5 Å². The Bertz CT molecular complexity index is 1330. The monoisotopic (exact) mass is 461 g/mol. The summed E-state index contributed by atoms with van der Waals surface area (Å²) in [5.74, 6) is -0.649. The number of amides is 2. The third-order valence-electron chi connectivity index (χ3n) is 7.28. The van der Waals surface area contributed by atoms with Gasteiger partial charge in [0.05, 0.1) is 11.4 Å². The molecule has 0 bridgehead atoms. The van der Waals surface area contributed by atoms with Crippen LogP contribution in [0.2, 0.25) is 0 Å². The number of carbonyl (C=O) groups excluding carboxylic acids is 2. The highest BCUT2D eigenvalue weighted by Crippen LogP contribution is 2.51. The molecule has 35 heavy (non-hydrogen) atoms. The number of hydrogen-bond donors (Lipinski definition) is 0. The number of allylic oxidation sites excluding steroid dienone is 3. The van der Waals surface area contributed by atoms with Gasteiger partial charge in [-0.25, -0.2) is 10.0 Å². The van der Waals surface area contributed by atoms with E-state index in [-0.39, 0.29) is 22.8 Å². The number of benzene rings is 3. The molecule has 0 aromatic heterocycles. The molecule has 3 aromatic rings. The molecule has 5 nitrogen and oxygen atoms in total. The van der Waals surface area contributed by atoms with Crippen LogP contribution in [0.1, 0.15) is 31.4 Å². The van der Waals surface area contributed by atoms with Gasteiger partial charge in [0.1, 0.15) is 5.57 Å². The number of anilines is 3. The Morgan fingerprint density at radius 2 is 1.34 bits per heavy atom. The third-order valence-corrected chi connectivity index (χ3v) is 7.28. The summed E-state index contributed by atoms with van der Waals surface area (Å²) in [7, 11) is 0. The Labute approximate surface area is 205 Å². The Kier molecular flexibility index (Phi) is 4.88. The quantitative estimate of drug-likeness (QED) is 0.380. The van der Waals surface area contributed by atoms with Gasteiger partial charge in [0, 0.05) is 23.3 Å². The van der Waals surface area contributed by atoms with Crippen LogP contribution in [0.5, 0.6) is 0 Å². The average molecular weight is 462 g/mol. The standard InChI is InChI=1S/C30H27N3O2/c1-30(2)25-17-9-11-21-12-10-20-31(27(21)25)26(30)19-18-24-28(34)32(22-13-5-3-6-14-22)33(29(24)35)23-15-7-4-8-16-23/h3-9,11,13-19H,10,12,20H2,1-2H3/b26-19+. The lowest BCUT2D eigenvalue weighted by atomic mass is 9.83. The van der Waals surface area contributed by atoms with Crippen LogP contribution in [0.25, 0.3) is 0 Å². The second-order valence-electron chi connectivity index (χ2n) is 9.73. The number of para-hydroxylation sites is 3. The number of carbonyl (C=O) groups is 2. The summed E-state index contributed by atoms with van der Waals surface area (Å²) in [6.45, 7) is 5.38. The van der Waals surface area contributed by atoms with Crippen molar-refractivity contribution < 1.29 is 9.59 Å². The fraction of sp³-hybridized carbons (Fsp3) is 0.200. The van der Waals surface area contributed by atoms with Crippen LogP contribution >= 0.6 is 0 Å². The van der Waals surface area contributed by atoms with Crippen molar-refractivity contribution in [1.82, 2.24) is 0 Å². The molecule has 2 amide bonds. The van der Waals surface area contributed by atoms with Crippen LogP contribution in [0, 0.1) is 0 Å². The minimum atomic E-state index is -0.324. The van der Waals surface area contributed by atoms with E-state index in [4.69, 9.17) is 0 Å². The summed E-state index contributed by atoms with van der Waals surface area (Å²) >= 11 is 0.